The van der Waals surface area contributed by atoms with Gasteiger partial charge in [0.25, 0.3) is 0 Å². The van der Waals surface area contributed by atoms with Crippen LogP contribution in [0.3, 0.4) is 0 Å². The van der Waals surface area contributed by atoms with E-state index in [-0.39, 0.29) is 5.54 Å². The van der Waals surface area contributed by atoms with Gasteiger partial charge in [-0.3, -0.25) is 0 Å². The fourth-order valence-corrected chi connectivity index (χ4v) is 2.84. The number of nitrogens with zero attached hydrogens (tertiary/aromatic N) is 2. The predicted octanol–water partition coefficient (Wildman–Crippen LogP) is 3.90. The van der Waals surface area contributed by atoms with Gasteiger partial charge in [0.2, 0.25) is 0 Å². The van der Waals surface area contributed by atoms with Gasteiger partial charge in [-0.15, -0.1) is 0 Å². The molecule has 2 heterocycles. The molecule has 3 heteroatoms. The van der Waals surface area contributed by atoms with E-state index < -0.39 is 0 Å². The summed E-state index contributed by atoms with van der Waals surface area (Å²) in [6, 6.07) is 4.46. The van der Waals surface area contributed by atoms with Gasteiger partial charge in [-0.05, 0) is 70.6 Å². The van der Waals surface area contributed by atoms with Gasteiger partial charge >= 0.3 is 0 Å². The maximum Gasteiger partial charge on any atom is 0.129 e. The van der Waals surface area contributed by atoms with Crippen molar-refractivity contribution in [3.63, 3.8) is 0 Å². The first-order valence-corrected chi connectivity index (χ1v) is 8.31. The van der Waals surface area contributed by atoms with Crippen LogP contribution in [0.1, 0.15) is 58.2 Å². The van der Waals surface area contributed by atoms with E-state index in [4.69, 9.17) is 4.98 Å². The van der Waals surface area contributed by atoms with Crippen molar-refractivity contribution in [2.45, 2.75) is 66.0 Å². The summed E-state index contributed by atoms with van der Waals surface area (Å²) < 4.78 is 0. The van der Waals surface area contributed by atoms with Crippen molar-refractivity contribution in [2.75, 3.05) is 18.0 Å². The lowest BCUT2D eigenvalue weighted by Crippen LogP contribution is -2.35. The van der Waals surface area contributed by atoms with Crippen molar-refractivity contribution >= 4 is 5.82 Å². The highest BCUT2D eigenvalue weighted by Crippen LogP contribution is 2.22. The minimum absolute atomic E-state index is 0.148. The molecule has 1 atom stereocenters. The van der Waals surface area contributed by atoms with Crippen molar-refractivity contribution in [1.82, 2.24) is 10.3 Å². The first-order chi connectivity index (χ1) is 9.83. The fraction of sp³-hybridized carbons (Fsp3) is 0.722. The molecule has 1 aliphatic heterocycles. The van der Waals surface area contributed by atoms with E-state index in [1.54, 1.807) is 0 Å². The zero-order valence-corrected chi connectivity index (χ0v) is 14.4. The Labute approximate surface area is 130 Å². The quantitative estimate of drug-likeness (QED) is 0.914. The molecule has 1 N–H and O–H groups in total. The standard InChI is InChI=1S/C18H31N3/c1-14-7-6-9-21(10-8-14)17-12-16(11-15(2)20-17)13-19-18(3,4)5/h11-12,14,19H,6-10,13H2,1-5H3. The summed E-state index contributed by atoms with van der Waals surface area (Å²) in [4.78, 5) is 7.24. The molecule has 0 saturated carbocycles. The molecule has 0 bridgehead atoms. The Bertz CT molecular complexity index is 462. The second-order valence-corrected chi connectivity index (χ2v) is 7.60. The average Bonchev–Trinajstić information content (AvgIpc) is 2.60. The number of anilines is 1. The van der Waals surface area contributed by atoms with Gasteiger partial charge in [0.15, 0.2) is 0 Å². The number of nitrogens with one attached hydrogen (secondary N) is 1. The molecule has 1 saturated heterocycles. The van der Waals surface area contributed by atoms with Crippen molar-refractivity contribution in [3.8, 4) is 0 Å². The highest BCUT2D eigenvalue weighted by atomic mass is 15.2. The van der Waals surface area contributed by atoms with E-state index in [9.17, 15) is 0 Å². The topological polar surface area (TPSA) is 28.2 Å². The molecule has 1 aliphatic rings. The predicted molar refractivity (Wildman–Crippen MR) is 90.8 cm³/mol. The van der Waals surface area contributed by atoms with E-state index in [1.807, 2.05) is 0 Å². The van der Waals surface area contributed by atoms with Gasteiger partial charge in [-0.2, -0.15) is 0 Å². The Kier molecular flexibility index (Phi) is 5.26. The Balaban J connectivity index is 2.10. The van der Waals surface area contributed by atoms with Crippen molar-refractivity contribution in [3.05, 3.63) is 23.4 Å². The van der Waals surface area contributed by atoms with Gasteiger partial charge in [-0.25, -0.2) is 4.98 Å². The van der Waals surface area contributed by atoms with Crippen LogP contribution in [-0.4, -0.2) is 23.6 Å². The maximum atomic E-state index is 4.77. The van der Waals surface area contributed by atoms with Crippen LogP contribution in [-0.2, 0) is 6.54 Å². The van der Waals surface area contributed by atoms with Crippen LogP contribution >= 0.6 is 0 Å². The van der Waals surface area contributed by atoms with Crippen LogP contribution in [0.25, 0.3) is 0 Å². The van der Waals surface area contributed by atoms with Gasteiger partial charge in [0, 0.05) is 30.9 Å². The van der Waals surface area contributed by atoms with Gasteiger partial charge in [0.05, 0.1) is 0 Å². The third-order valence-electron chi connectivity index (χ3n) is 4.16. The van der Waals surface area contributed by atoms with E-state index in [1.165, 1.54) is 24.8 Å². The number of aromatic nitrogens is 1. The lowest BCUT2D eigenvalue weighted by Gasteiger charge is -2.24. The number of aryl methyl sites for hydroxylation is 1. The molecule has 2 rings (SSSR count). The van der Waals surface area contributed by atoms with Crippen molar-refractivity contribution in [2.24, 2.45) is 5.92 Å². The molecule has 0 aromatic carbocycles. The van der Waals surface area contributed by atoms with E-state index in [0.29, 0.717) is 0 Å². The van der Waals surface area contributed by atoms with Crippen LogP contribution in [0.4, 0.5) is 5.82 Å². The number of rotatable bonds is 3. The molecule has 0 amide bonds. The number of hydrogen-bond donors (Lipinski definition) is 1. The molecular formula is C18H31N3. The van der Waals surface area contributed by atoms with Gasteiger partial charge in [-0.1, -0.05) is 6.92 Å². The van der Waals surface area contributed by atoms with Crippen molar-refractivity contribution < 1.29 is 0 Å². The fourth-order valence-electron chi connectivity index (χ4n) is 2.84. The molecule has 1 fully saturated rings. The summed E-state index contributed by atoms with van der Waals surface area (Å²) in [7, 11) is 0. The van der Waals surface area contributed by atoms with E-state index in [0.717, 1.165) is 37.1 Å². The molecular weight excluding hydrogens is 258 g/mol. The monoisotopic (exact) mass is 289 g/mol. The van der Waals surface area contributed by atoms with Crippen LogP contribution in [0.15, 0.2) is 12.1 Å². The Hall–Kier alpha value is -1.09. The zero-order valence-electron chi connectivity index (χ0n) is 14.4. The average molecular weight is 289 g/mol. The Morgan fingerprint density at radius 2 is 2.00 bits per heavy atom. The molecule has 3 nitrogen and oxygen atoms in total. The van der Waals surface area contributed by atoms with Crippen LogP contribution in [0, 0.1) is 12.8 Å². The third-order valence-corrected chi connectivity index (χ3v) is 4.16. The SMILES string of the molecule is Cc1cc(CNC(C)(C)C)cc(N2CCCC(C)CC2)n1. The van der Waals surface area contributed by atoms with Gasteiger partial charge < -0.3 is 10.2 Å². The summed E-state index contributed by atoms with van der Waals surface area (Å²) in [5, 5.41) is 3.57. The lowest BCUT2D eigenvalue weighted by atomic mass is 10.0. The van der Waals surface area contributed by atoms with Crippen LogP contribution < -0.4 is 10.2 Å². The highest BCUT2D eigenvalue weighted by Gasteiger charge is 2.16. The molecule has 0 spiro atoms. The molecule has 0 aliphatic carbocycles. The smallest absolute Gasteiger partial charge is 0.129 e. The highest BCUT2D eigenvalue weighted by molar-refractivity contribution is 5.42. The summed E-state index contributed by atoms with van der Waals surface area (Å²) >= 11 is 0. The molecule has 1 unspecified atom stereocenters. The molecule has 1 aromatic rings. The normalized spacial score (nSPS) is 20.4. The largest absolute Gasteiger partial charge is 0.357 e. The van der Waals surface area contributed by atoms with Crippen LogP contribution in [0.2, 0.25) is 0 Å². The second-order valence-electron chi connectivity index (χ2n) is 7.60. The Morgan fingerprint density at radius 1 is 1.24 bits per heavy atom. The number of pyridine rings is 1. The summed E-state index contributed by atoms with van der Waals surface area (Å²) in [6.45, 7) is 14.3. The zero-order chi connectivity index (χ0) is 15.5. The summed E-state index contributed by atoms with van der Waals surface area (Å²) in [5.41, 5.74) is 2.61. The molecule has 118 valence electrons. The van der Waals surface area contributed by atoms with E-state index in [2.05, 4.69) is 57.0 Å². The first-order valence-electron chi connectivity index (χ1n) is 8.31. The summed E-state index contributed by atoms with van der Waals surface area (Å²) in [6.07, 6.45) is 3.91. The van der Waals surface area contributed by atoms with Crippen molar-refractivity contribution in [1.29, 1.82) is 0 Å². The Morgan fingerprint density at radius 3 is 2.71 bits per heavy atom. The van der Waals surface area contributed by atoms with Gasteiger partial charge in [0.1, 0.15) is 5.82 Å². The number of hydrogen-bond acceptors (Lipinski definition) is 3. The third kappa shape index (κ3) is 5.31. The molecule has 21 heavy (non-hydrogen) atoms. The molecule has 0 radical (unpaired) electrons. The minimum atomic E-state index is 0.148. The second kappa shape index (κ2) is 6.78. The lowest BCUT2D eigenvalue weighted by molar-refractivity contribution is 0.424. The maximum absolute atomic E-state index is 4.77. The minimum Gasteiger partial charge on any atom is -0.357 e. The van der Waals surface area contributed by atoms with E-state index >= 15 is 0 Å². The van der Waals surface area contributed by atoms with Crippen LogP contribution in [0.5, 0.6) is 0 Å². The molecule has 1 aromatic heterocycles. The first kappa shape index (κ1) is 16.3. The summed E-state index contributed by atoms with van der Waals surface area (Å²) in [5.74, 6) is 2.01.